The zero-order valence-corrected chi connectivity index (χ0v) is 13.9. The number of hydrogen-bond acceptors (Lipinski definition) is 3. The van der Waals surface area contributed by atoms with Gasteiger partial charge in [0.05, 0.1) is 17.5 Å². The first-order chi connectivity index (χ1) is 11.0. The zero-order valence-electron chi connectivity index (χ0n) is 13.1. The van der Waals surface area contributed by atoms with Crippen LogP contribution in [0.15, 0.2) is 24.3 Å². The number of nitrogens with one attached hydrogen (secondary N) is 1. The minimum Gasteiger partial charge on any atom is -0.487 e. The van der Waals surface area contributed by atoms with Crippen LogP contribution in [0.2, 0.25) is 5.02 Å². The third kappa shape index (κ3) is 5.13. The third-order valence-electron chi connectivity index (χ3n) is 4.12. The van der Waals surface area contributed by atoms with Crippen LogP contribution in [0, 0.1) is 11.8 Å². The van der Waals surface area contributed by atoms with Crippen LogP contribution in [0.3, 0.4) is 0 Å². The van der Waals surface area contributed by atoms with Crippen LogP contribution in [0.1, 0.15) is 32.6 Å². The van der Waals surface area contributed by atoms with Gasteiger partial charge in [0.25, 0.3) is 0 Å². The molecule has 2 N–H and O–H groups in total. The van der Waals surface area contributed by atoms with E-state index in [0.29, 0.717) is 30.2 Å². The molecule has 1 saturated carbocycles. The second-order valence-corrected chi connectivity index (χ2v) is 6.41. The molecule has 0 aromatic heterocycles. The van der Waals surface area contributed by atoms with Crippen molar-refractivity contribution < 1.29 is 19.4 Å². The lowest BCUT2D eigenvalue weighted by molar-refractivity contribution is -0.144. The number of hydrogen-bond donors (Lipinski definition) is 2. The first kappa shape index (κ1) is 17.6. The number of amides is 1. The lowest BCUT2D eigenvalue weighted by atomic mass is 9.81. The molecule has 1 amide bonds. The Morgan fingerprint density at radius 2 is 2.04 bits per heavy atom. The van der Waals surface area contributed by atoms with Gasteiger partial charge in [-0.25, -0.2) is 0 Å². The number of carbonyl (C=O) groups is 2. The summed E-state index contributed by atoms with van der Waals surface area (Å²) in [5.74, 6) is -0.948. The molecule has 0 radical (unpaired) electrons. The Morgan fingerprint density at radius 3 is 2.74 bits per heavy atom. The van der Waals surface area contributed by atoms with Crippen LogP contribution in [-0.2, 0) is 9.59 Å². The number of aliphatic carboxylic acids is 1. The Balaban J connectivity index is 1.79. The smallest absolute Gasteiger partial charge is 0.306 e. The Labute approximate surface area is 141 Å². The van der Waals surface area contributed by atoms with Crippen LogP contribution in [0.4, 0.5) is 0 Å². The summed E-state index contributed by atoms with van der Waals surface area (Å²) in [5.41, 5.74) is 0. The molecular weight excluding hydrogens is 318 g/mol. The molecule has 0 bridgehead atoms. The fraction of sp³-hybridized carbons (Fsp3) is 0.529. The molecule has 0 heterocycles. The molecule has 23 heavy (non-hydrogen) atoms. The topological polar surface area (TPSA) is 75.6 Å². The molecule has 3 atom stereocenters. The highest BCUT2D eigenvalue weighted by Gasteiger charge is 2.31. The largest absolute Gasteiger partial charge is 0.487 e. The molecule has 3 unspecified atom stereocenters. The van der Waals surface area contributed by atoms with Gasteiger partial charge >= 0.3 is 5.97 Å². The first-order valence-electron chi connectivity index (χ1n) is 7.89. The van der Waals surface area contributed by atoms with E-state index in [2.05, 4.69) is 5.32 Å². The van der Waals surface area contributed by atoms with Crippen LogP contribution < -0.4 is 10.1 Å². The van der Waals surface area contributed by atoms with Crippen molar-refractivity contribution in [3.05, 3.63) is 29.3 Å². The standard InChI is InChI=1S/C17H22ClNO4/c1-11(23-15-8-3-2-7-14(15)18)10-19-16(20)12-5-4-6-13(9-12)17(21)22/h2-3,7-8,11-13H,4-6,9-10H2,1H3,(H,19,20)(H,21,22). The Morgan fingerprint density at radius 1 is 1.35 bits per heavy atom. The van der Waals surface area contributed by atoms with Gasteiger partial charge in [0.1, 0.15) is 11.9 Å². The average molecular weight is 340 g/mol. The lowest BCUT2D eigenvalue weighted by Gasteiger charge is -2.26. The molecule has 0 saturated heterocycles. The molecular formula is C17H22ClNO4. The second kappa shape index (κ2) is 8.20. The third-order valence-corrected chi connectivity index (χ3v) is 4.44. The van der Waals surface area contributed by atoms with Crippen LogP contribution in [0.5, 0.6) is 5.75 Å². The van der Waals surface area contributed by atoms with Crippen molar-refractivity contribution in [1.82, 2.24) is 5.32 Å². The molecule has 1 aromatic rings. The normalized spacial score (nSPS) is 22.2. The molecule has 1 aliphatic carbocycles. The summed E-state index contributed by atoms with van der Waals surface area (Å²) < 4.78 is 5.70. The van der Waals surface area contributed by atoms with E-state index in [0.717, 1.165) is 12.8 Å². The molecule has 6 heteroatoms. The molecule has 1 fully saturated rings. The highest BCUT2D eigenvalue weighted by molar-refractivity contribution is 6.32. The number of carboxylic acid groups (broad SMARTS) is 1. The number of benzene rings is 1. The second-order valence-electron chi connectivity index (χ2n) is 6.00. The van der Waals surface area contributed by atoms with Gasteiger partial charge in [-0.3, -0.25) is 9.59 Å². The van der Waals surface area contributed by atoms with E-state index in [1.807, 2.05) is 19.1 Å². The van der Waals surface area contributed by atoms with Gasteiger partial charge in [-0.05, 0) is 38.3 Å². The summed E-state index contributed by atoms with van der Waals surface area (Å²) in [6.07, 6.45) is 2.38. The predicted octanol–water partition coefficient (Wildman–Crippen LogP) is 3.11. The Kier molecular flexibility index (Phi) is 6.28. The summed E-state index contributed by atoms with van der Waals surface area (Å²) in [6.45, 7) is 2.21. The number of ether oxygens (including phenoxy) is 1. The van der Waals surface area contributed by atoms with Crippen molar-refractivity contribution >= 4 is 23.5 Å². The number of carbonyl (C=O) groups excluding carboxylic acids is 1. The van der Waals surface area contributed by atoms with Gasteiger partial charge in [0.2, 0.25) is 5.91 Å². The summed E-state index contributed by atoms with van der Waals surface area (Å²) in [7, 11) is 0. The van der Waals surface area contributed by atoms with Crippen LogP contribution in [-0.4, -0.2) is 29.6 Å². The molecule has 2 rings (SSSR count). The fourth-order valence-electron chi connectivity index (χ4n) is 2.84. The van der Waals surface area contributed by atoms with Crippen molar-refractivity contribution in [3.8, 4) is 5.75 Å². The van der Waals surface area contributed by atoms with Gasteiger partial charge in [-0.1, -0.05) is 30.2 Å². The molecule has 0 spiro atoms. The molecule has 0 aliphatic heterocycles. The van der Waals surface area contributed by atoms with Crippen molar-refractivity contribution in [1.29, 1.82) is 0 Å². The maximum Gasteiger partial charge on any atom is 0.306 e. The average Bonchev–Trinajstić information content (AvgIpc) is 2.55. The quantitative estimate of drug-likeness (QED) is 0.835. The highest BCUT2D eigenvalue weighted by Crippen LogP contribution is 2.29. The molecule has 1 aromatic carbocycles. The lowest BCUT2D eigenvalue weighted by Crippen LogP contribution is -2.39. The minimum atomic E-state index is -0.807. The van der Waals surface area contributed by atoms with Gasteiger partial charge in [0, 0.05) is 5.92 Å². The summed E-state index contributed by atoms with van der Waals surface area (Å²) in [6, 6.07) is 7.18. The minimum absolute atomic E-state index is 0.0921. The van der Waals surface area contributed by atoms with Crippen molar-refractivity contribution in [2.24, 2.45) is 11.8 Å². The van der Waals surface area contributed by atoms with E-state index < -0.39 is 11.9 Å². The van der Waals surface area contributed by atoms with E-state index in [-0.39, 0.29) is 17.9 Å². The van der Waals surface area contributed by atoms with Crippen molar-refractivity contribution in [2.45, 2.75) is 38.7 Å². The fourth-order valence-corrected chi connectivity index (χ4v) is 3.02. The Bertz CT molecular complexity index is 563. The summed E-state index contributed by atoms with van der Waals surface area (Å²) in [4.78, 5) is 23.3. The highest BCUT2D eigenvalue weighted by atomic mass is 35.5. The first-order valence-corrected chi connectivity index (χ1v) is 8.27. The van der Waals surface area contributed by atoms with Crippen LogP contribution in [0.25, 0.3) is 0 Å². The van der Waals surface area contributed by atoms with Gasteiger partial charge in [-0.15, -0.1) is 0 Å². The monoisotopic (exact) mass is 339 g/mol. The van der Waals surface area contributed by atoms with Gasteiger partial charge < -0.3 is 15.2 Å². The van der Waals surface area contributed by atoms with E-state index >= 15 is 0 Å². The van der Waals surface area contributed by atoms with E-state index in [1.165, 1.54) is 0 Å². The number of para-hydroxylation sites is 1. The SMILES string of the molecule is CC(CNC(=O)C1CCCC(C(=O)O)C1)Oc1ccccc1Cl. The van der Waals surface area contributed by atoms with Gasteiger partial charge in [0.15, 0.2) is 0 Å². The number of halogens is 1. The summed E-state index contributed by atoms with van der Waals surface area (Å²) >= 11 is 6.03. The maximum absolute atomic E-state index is 12.2. The van der Waals surface area contributed by atoms with E-state index in [9.17, 15) is 9.59 Å². The van der Waals surface area contributed by atoms with Crippen molar-refractivity contribution in [2.75, 3.05) is 6.54 Å². The number of rotatable bonds is 6. The van der Waals surface area contributed by atoms with E-state index in [1.54, 1.807) is 12.1 Å². The molecule has 5 nitrogen and oxygen atoms in total. The predicted molar refractivity (Wildman–Crippen MR) is 87.6 cm³/mol. The van der Waals surface area contributed by atoms with Crippen LogP contribution >= 0.6 is 11.6 Å². The maximum atomic E-state index is 12.2. The van der Waals surface area contributed by atoms with Gasteiger partial charge in [-0.2, -0.15) is 0 Å². The number of carboxylic acids is 1. The molecule has 126 valence electrons. The van der Waals surface area contributed by atoms with E-state index in [4.69, 9.17) is 21.4 Å². The summed E-state index contributed by atoms with van der Waals surface area (Å²) in [5, 5.41) is 12.5. The Hall–Kier alpha value is -1.75. The zero-order chi connectivity index (χ0) is 16.8. The molecule has 1 aliphatic rings. The van der Waals surface area contributed by atoms with Crippen molar-refractivity contribution in [3.63, 3.8) is 0 Å².